The molecule has 0 atom stereocenters. The summed E-state index contributed by atoms with van der Waals surface area (Å²) < 4.78 is 26.8. The van der Waals surface area contributed by atoms with Crippen molar-refractivity contribution in [3.05, 3.63) is 29.8 Å². The molecule has 9 heteroatoms. The first-order chi connectivity index (χ1) is 10.8. The smallest absolute Gasteiger partial charge is 0.326 e. The number of benzene rings is 1. The maximum absolute atomic E-state index is 12.0. The number of anilines is 1. The lowest BCUT2D eigenvalue weighted by Gasteiger charge is -2.31. The molecule has 1 aliphatic heterocycles. The zero-order chi connectivity index (χ0) is 17.5. The van der Waals surface area contributed by atoms with Crippen molar-refractivity contribution in [2.75, 3.05) is 31.0 Å². The van der Waals surface area contributed by atoms with Gasteiger partial charge in [-0.1, -0.05) is 12.1 Å². The van der Waals surface area contributed by atoms with E-state index in [0.717, 1.165) is 4.31 Å². The lowest BCUT2D eigenvalue weighted by Crippen LogP contribution is -2.48. The van der Waals surface area contributed by atoms with Crippen LogP contribution in [0.15, 0.2) is 24.3 Å². The van der Waals surface area contributed by atoms with Crippen LogP contribution in [0.2, 0.25) is 0 Å². The second kappa shape index (κ2) is 8.82. The van der Waals surface area contributed by atoms with Gasteiger partial charge in [0.15, 0.2) is 0 Å². The molecule has 2 rings (SSSR count). The van der Waals surface area contributed by atoms with E-state index in [-0.39, 0.29) is 13.2 Å². The fraction of sp³-hybridized carbons (Fsp3) is 0.500. The lowest BCUT2D eigenvalue weighted by atomic mass is 10.1. The number of hydrogen-bond donors (Lipinski definition) is 4. The topological polar surface area (TPSA) is 119 Å². The van der Waals surface area contributed by atoms with Crippen molar-refractivity contribution in [1.82, 2.24) is 9.62 Å². The molecule has 0 aliphatic carbocycles. The predicted octanol–water partition coefficient (Wildman–Crippen LogP) is -0.232. The Bertz CT molecular complexity index is 615. The highest BCUT2D eigenvalue weighted by Crippen LogP contribution is 2.27. The van der Waals surface area contributed by atoms with E-state index in [4.69, 9.17) is 10.2 Å². The summed E-state index contributed by atoms with van der Waals surface area (Å²) in [6.45, 7) is 4.73. The van der Waals surface area contributed by atoms with E-state index >= 15 is 0 Å². The Morgan fingerprint density at radius 1 is 1.17 bits per heavy atom. The number of para-hydroxylation sites is 1. The summed E-state index contributed by atoms with van der Waals surface area (Å²) in [5.41, 5.74) is 0.718. The molecule has 0 aromatic heterocycles. The molecule has 0 radical (unpaired) electrons. The number of carbonyl (C=O) groups is 1. The van der Waals surface area contributed by atoms with Crippen molar-refractivity contribution in [2.45, 2.75) is 19.9 Å². The third-order valence-electron chi connectivity index (χ3n) is 2.90. The van der Waals surface area contributed by atoms with Gasteiger partial charge in [-0.2, -0.15) is 8.42 Å². The van der Waals surface area contributed by atoms with Gasteiger partial charge in [0.25, 0.3) is 5.91 Å². The lowest BCUT2D eigenvalue weighted by molar-refractivity contribution is 0.0834. The molecule has 1 heterocycles. The van der Waals surface area contributed by atoms with E-state index in [2.05, 4.69) is 10.0 Å². The summed E-state index contributed by atoms with van der Waals surface area (Å²) in [7, 11) is -3.75. The summed E-state index contributed by atoms with van der Waals surface area (Å²) in [6.07, 6.45) is 0. The van der Waals surface area contributed by atoms with Gasteiger partial charge in [0.1, 0.15) is 0 Å². The van der Waals surface area contributed by atoms with Crippen LogP contribution in [0.25, 0.3) is 0 Å². The third-order valence-corrected chi connectivity index (χ3v) is 4.48. The quantitative estimate of drug-likeness (QED) is 0.547. The second-order valence-corrected chi connectivity index (χ2v) is 6.59. The number of carbonyl (C=O) groups excluding carboxylic acids is 1. The maximum Gasteiger partial charge on any atom is 0.326 e. The minimum atomic E-state index is -3.75. The molecule has 1 amide bonds. The van der Waals surface area contributed by atoms with E-state index in [9.17, 15) is 13.2 Å². The maximum atomic E-state index is 12.0. The Balaban J connectivity index is 0.000000322. The molecule has 23 heavy (non-hydrogen) atoms. The fourth-order valence-electron chi connectivity index (χ4n) is 1.97. The number of rotatable bonds is 5. The summed E-state index contributed by atoms with van der Waals surface area (Å²) >= 11 is 0. The molecule has 0 fully saturated rings. The average Bonchev–Trinajstić information content (AvgIpc) is 2.47. The van der Waals surface area contributed by atoms with Crippen molar-refractivity contribution in [3.63, 3.8) is 0 Å². The summed E-state index contributed by atoms with van der Waals surface area (Å²) in [6, 6.07) is 6.16. The van der Waals surface area contributed by atoms with Crippen LogP contribution < -0.4 is 10.0 Å². The standard InChI is InChI=1S/C10H12N2O3S.C4H11NO2/c1-7(2)12-10(13)8-5-3-4-6-9(8)11-16(12,14)15;6-3-1-5-2-4-7/h3-7,11H,1-2H3;5-7H,1-4H2. The average molecular weight is 345 g/mol. The molecule has 0 saturated heterocycles. The SMILES string of the molecule is CC(C)N1C(=O)c2ccccc2NS1(=O)=O.OCCNCCO. The molecule has 1 aromatic carbocycles. The van der Waals surface area contributed by atoms with Gasteiger partial charge in [-0.3, -0.25) is 9.52 Å². The summed E-state index contributed by atoms with van der Waals surface area (Å²) in [5, 5.41) is 19.1. The predicted molar refractivity (Wildman–Crippen MR) is 87.3 cm³/mol. The minimum Gasteiger partial charge on any atom is -0.395 e. The van der Waals surface area contributed by atoms with Gasteiger partial charge < -0.3 is 15.5 Å². The first-order valence-corrected chi connectivity index (χ1v) is 8.67. The Morgan fingerprint density at radius 3 is 2.26 bits per heavy atom. The van der Waals surface area contributed by atoms with Crippen LogP contribution in [0.5, 0.6) is 0 Å². The van der Waals surface area contributed by atoms with Crippen LogP contribution >= 0.6 is 0 Å². The molecule has 1 aliphatic rings. The number of nitrogens with one attached hydrogen (secondary N) is 2. The van der Waals surface area contributed by atoms with E-state index in [1.807, 2.05) is 0 Å². The fourth-order valence-corrected chi connectivity index (χ4v) is 3.40. The van der Waals surface area contributed by atoms with Gasteiger partial charge in [0.2, 0.25) is 0 Å². The molecule has 0 spiro atoms. The number of fused-ring (bicyclic) bond motifs is 1. The first-order valence-electron chi connectivity index (χ1n) is 7.23. The summed E-state index contributed by atoms with van der Waals surface area (Å²) in [5.74, 6) is -0.482. The van der Waals surface area contributed by atoms with Gasteiger partial charge in [0.05, 0.1) is 24.5 Å². The zero-order valence-electron chi connectivity index (χ0n) is 13.2. The molecular formula is C14H23N3O5S. The van der Waals surface area contributed by atoms with E-state index in [0.29, 0.717) is 24.3 Å². The molecular weight excluding hydrogens is 322 g/mol. The van der Waals surface area contributed by atoms with Crippen LogP contribution in [0.3, 0.4) is 0 Å². The largest absolute Gasteiger partial charge is 0.395 e. The zero-order valence-corrected chi connectivity index (χ0v) is 14.0. The number of nitrogens with zero attached hydrogens (tertiary/aromatic N) is 1. The highest BCUT2D eigenvalue weighted by Gasteiger charge is 2.36. The molecule has 0 saturated carbocycles. The van der Waals surface area contributed by atoms with Gasteiger partial charge in [0, 0.05) is 19.1 Å². The Kier molecular flexibility index (Phi) is 7.43. The van der Waals surface area contributed by atoms with Crippen LogP contribution in [0.4, 0.5) is 5.69 Å². The van der Waals surface area contributed by atoms with Crippen LogP contribution in [0, 0.1) is 0 Å². The highest BCUT2D eigenvalue weighted by atomic mass is 32.2. The van der Waals surface area contributed by atoms with Gasteiger partial charge >= 0.3 is 10.2 Å². The van der Waals surface area contributed by atoms with Crippen molar-refractivity contribution in [3.8, 4) is 0 Å². The third kappa shape index (κ3) is 5.17. The molecule has 0 bridgehead atoms. The highest BCUT2D eigenvalue weighted by molar-refractivity contribution is 7.91. The van der Waals surface area contributed by atoms with Crippen molar-refractivity contribution in [2.24, 2.45) is 0 Å². The van der Waals surface area contributed by atoms with Crippen molar-refractivity contribution >= 4 is 21.8 Å². The van der Waals surface area contributed by atoms with Gasteiger partial charge in [-0.25, -0.2) is 4.31 Å². The molecule has 130 valence electrons. The van der Waals surface area contributed by atoms with Crippen molar-refractivity contribution in [1.29, 1.82) is 0 Å². The van der Waals surface area contributed by atoms with E-state index in [1.54, 1.807) is 38.1 Å². The normalized spacial score (nSPS) is 15.5. The monoisotopic (exact) mass is 345 g/mol. The Hall–Kier alpha value is -1.68. The van der Waals surface area contributed by atoms with Crippen LogP contribution in [0.1, 0.15) is 24.2 Å². The molecule has 8 nitrogen and oxygen atoms in total. The van der Waals surface area contributed by atoms with E-state index < -0.39 is 22.2 Å². The van der Waals surface area contributed by atoms with Gasteiger partial charge in [-0.15, -0.1) is 0 Å². The second-order valence-electron chi connectivity index (χ2n) is 5.04. The minimum absolute atomic E-state index is 0.139. The number of hydrogen-bond acceptors (Lipinski definition) is 6. The van der Waals surface area contributed by atoms with Crippen molar-refractivity contribution < 1.29 is 23.4 Å². The molecule has 0 unspecified atom stereocenters. The number of amides is 1. The van der Waals surface area contributed by atoms with Crippen LogP contribution in [-0.4, -0.2) is 61.2 Å². The number of aliphatic hydroxyl groups excluding tert-OH is 2. The molecule has 4 N–H and O–H groups in total. The number of aliphatic hydroxyl groups is 2. The first kappa shape index (κ1) is 19.4. The Labute approximate surface area is 136 Å². The Morgan fingerprint density at radius 2 is 1.74 bits per heavy atom. The molecule has 1 aromatic rings. The summed E-state index contributed by atoms with van der Waals surface area (Å²) in [4.78, 5) is 12.0. The van der Waals surface area contributed by atoms with Crippen LogP contribution in [-0.2, 0) is 10.2 Å². The van der Waals surface area contributed by atoms with E-state index in [1.165, 1.54) is 0 Å². The van der Waals surface area contributed by atoms with Gasteiger partial charge in [-0.05, 0) is 26.0 Å².